The van der Waals surface area contributed by atoms with Crippen LogP contribution in [0.15, 0.2) is 0 Å². The predicted molar refractivity (Wildman–Crippen MR) is 67.2 cm³/mol. The minimum atomic E-state index is -1.35. The van der Waals surface area contributed by atoms with Crippen molar-refractivity contribution in [2.75, 3.05) is 19.8 Å². The second-order valence-electron chi connectivity index (χ2n) is 4.80. The number of carbonyl (C=O) groups is 3. The fourth-order valence-corrected chi connectivity index (χ4v) is 1.99. The first-order valence-electron chi connectivity index (χ1n) is 6.61. The Labute approximate surface area is 116 Å². The molecule has 0 aromatic heterocycles. The van der Waals surface area contributed by atoms with Crippen molar-refractivity contribution >= 4 is 18.0 Å². The van der Waals surface area contributed by atoms with Gasteiger partial charge in [-0.1, -0.05) is 0 Å². The molecule has 1 aliphatic rings. The lowest BCUT2D eigenvalue weighted by atomic mass is 9.96. The summed E-state index contributed by atoms with van der Waals surface area (Å²) in [6, 6.07) is 0. The van der Waals surface area contributed by atoms with Gasteiger partial charge in [-0.2, -0.15) is 0 Å². The van der Waals surface area contributed by atoms with Gasteiger partial charge in [0.1, 0.15) is 18.8 Å². The molecule has 1 fully saturated rings. The molecule has 0 amide bonds. The molecule has 3 atom stereocenters. The molecule has 7 heteroatoms. The summed E-state index contributed by atoms with van der Waals surface area (Å²) in [4.78, 5) is 33.1. The standard InChI is InChI=1S/C13H20O7/c14-4-3-9(15)6-11(13(17)18)12(16)8-20-10-2-1-5-19-7-10/h4,9-11,15H,1-3,5-8H2,(H,17,18). The van der Waals surface area contributed by atoms with Gasteiger partial charge in [-0.05, 0) is 19.3 Å². The first-order chi connectivity index (χ1) is 9.54. The maximum atomic E-state index is 11.8. The Balaban J connectivity index is 2.42. The highest BCUT2D eigenvalue weighted by molar-refractivity contribution is 5.98. The summed E-state index contributed by atoms with van der Waals surface area (Å²) in [6.45, 7) is 0.751. The smallest absolute Gasteiger partial charge is 0.314 e. The van der Waals surface area contributed by atoms with Crippen LogP contribution in [0, 0.1) is 5.92 Å². The lowest BCUT2D eigenvalue weighted by Gasteiger charge is -2.23. The normalized spacial score (nSPS) is 21.9. The molecule has 1 heterocycles. The molecule has 0 spiro atoms. The van der Waals surface area contributed by atoms with Crippen LogP contribution >= 0.6 is 0 Å². The van der Waals surface area contributed by atoms with Gasteiger partial charge in [-0.25, -0.2) is 0 Å². The summed E-state index contributed by atoms with van der Waals surface area (Å²) in [5, 5.41) is 18.4. The third-order valence-electron chi connectivity index (χ3n) is 3.14. The molecule has 1 saturated heterocycles. The van der Waals surface area contributed by atoms with Crippen molar-refractivity contribution in [2.45, 2.75) is 37.9 Å². The molecular weight excluding hydrogens is 268 g/mol. The van der Waals surface area contributed by atoms with Gasteiger partial charge in [0.2, 0.25) is 0 Å². The van der Waals surface area contributed by atoms with Gasteiger partial charge in [0.15, 0.2) is 5.78 Å². The van der Waals surface area contributed by atoms with Crippen LogP contribution in [0.25, 0.3) is 0 Å². The number of hydrogen-bond donors (Lipinski definition) is 2. The number of carboxylic acid groups (broad SMARTS) is 1. The molecule has 0 saturated carbocycles. The largest absolute Gasteiger partial charge is 0.481 e. The highest BCUT2D eigenvalue weighted by Crippen LogP contribution is 2.14. The zero-order valence-corrected chi connectivity index (χ0v) is 11.2. The number of carbonyl (C=O) groups excluding carboxylic acids is 2. The number of aliphatic hydroxyl groups is 1. The van der Waals surface area contributed by atoms with Crippen molar-refractivity contribution < 1.29 is 34.1 Å². The Morgan fingerprint density at radius 3 is 2.75 bits per heavy atom. The molecular formula is C13H20O7. The van der Waals surface area contributed by atoms with Crippen molar-refractivity contribution in [3.8, 4) is 0 Å². The highest BCUT2D eigenvalue weighted by Gasteiger charge is 2.29. The van der Waals surface area contributed by atoms with Crippen LogP contribution in [0.4, 0.5) is 0 Å². The van der Waals surface area contributed by atoms with Gasteiger partial charge < -0.3 is 24.5 Å². The monoisotopic (exact) mass is 288 g/mol. The fourth-order valence-electron chi connectivity index (χ4n) is 1.99. The minimum absolute atomic E-state index is 0.186. The molecule has 0 aliphatic carbocycles. The number of aldehydes is 1. The summed E-state index contributed by atoms with van der Waals surface area (Å²) in [6.07, 6.45) is 0.325. The maximum Gasteiger partial charge on any atom is 0.314 e. The van der Waals surface area contributed by atoms with Crippen LogP contribution in [0.2, 0.25) is 0 Å². The number of rotatable bonds is 9. The molecule has 7 nitrogen and oxygen atoms in total. The average Bonchev–Trinajstić information content (AvgIpc) is 2.43. The van der Waals surface area contributed by atoms with E-state index >= 15 is 0 Å². The number of hydrogen-bond acceptors (Lipinski definition) is 6. The van der Waals surface area contributed by atoms with E-state index in [1.165, 1.54) is 0 Å². The van der Waals surface area contributed by atoms with E-state index < -0.39 is 23.8 Å². The molecule has 0 bridgehead atoms. The van der Waals surface area contributed by atoms with E-state index in [4.69, 9.17) is 14.6 Å². The molecule has 1 rings (SSSR count). The molecule has 0 aromatic rings. The van der Waals surface area contributed by atoms with Crippen LogP contribution in [-0.2, 0) is 23.9 Å². The van der Waals surface area contributed by atoms with Crippen molar-refractivity contribution in [3.63, 3.8) is 0 Å². The van der Waals surface area contributed by atoms with Crippen LogP contribution < -0.4 is 0 Å². The average molecular weight is 288 g/mol. The summed E-state index contributed by atoms with van der Waals surface area (Å²) >= 11 is 0. The molecule has 3 unspecified atom stereocenters. The maximum absolute atomic E-state index is 11.8. The molecule has 114 valence electrons. The van der Waals surface area contributed by atoms with E-state index in [1.807, 2.05) is 0 Å². The Hall–Kier alpha value is -1.31. The second kappa shape index (κ2) is 8.78. The van der Waals surface area contributed by atoms with Gasteiger partial charge in [0, 0.05) is 13.0 Å². The van der Waals surface area contributed by atoms with Gasteiger partial charge >= 0.3 is 5.97 Å². The van der Waals surface area contributed by atoms with Gasteiger partial charge in [0.05, 0.1) is 18.8 Å². The predicted octanol–water partition coefficient (Wildman–Crippen LogP) is -0.208. The Bertz CT molecular complexity index is 336. The van der Waals surface area contributed by atoms with E-state index in [-0.39, 0.29) is 25.6 Å². The van der Waals surface area contributed by atoms with Crippen LogP contribution in [0.5, 0.6) is 0 Å². The Kier molecular flexibility index (Phi) is 7.35. The van der Waals surface area contributed by atoms with E-state index in [2.05, 4.69) is 0 Å². The van der Waals surface area contributed by atoms with Crippen LogP contribution in [-0.4, -0.2) is 60.3 Å². The number of aliphatic hydroxyl groups excluding tert-OH is 1. The molecule has 0 radical (unpaired) electrons. The number of Topliss-reactive ketones (excluding diaryl/α,β-unsaturated/α-hetero) is 1. The van der Waals surface area contributed by atoms with E-state index in [1.54, 1.807) is 0 Å². The molecule has 0 aromatic carbocycles. The van der Waals surface area contributed by atoms with Crippen LogP contribution in [0.3, 0.4) is 0 Å². The molecule has 2 N–H and O–H groups in total. The Morgan fingerprint density at radius 2 is 2.20 bits per heavy atom. The number of ketones is 1. The quantitative estimate of drug-likeness (QED) is 0.446. The molecule has 1 aliphatic heterocycles. The first-order valence-corrected chi connectivity index (χ1v) is 6.61. The molecule has 20 heavy (non-hydrogen) atoms. The first kappa shape index (κ1) is 16.7. The highest BCUT2D eigenvalue weighted by atomic mass is 16.5. The van der Waals surface area contributed by atoms with Gasteiger partial charge in [0.25, 0.3) is 0 Å². The summed E-state index contributed by atoms with van der Waals surface area (Å²) in [5.74, 6) is -3.27. The lowest BCUT2D eigenvalue weighted by Crippen LogP contribution is -2.34. The van der Waals surface area contributed by atoms with Gasteiger partial charge in [-0.3, -0.25) is 9.59 Å². The van der Waals surface area contributed by atoms with Crippen molar-refractivity contribution in [2.24, 2.45) is 5.92 Å². The lowest BCUT2D eigenvalue weighted by molar-refractivity contribution is -0.151. The van der Waals surface area contributed by atoms with E-state index in [0.29, 0.717) is 19.5 Å². The second-order valence-corrected chi connectivity index (χ2v) is 4.80. The fraction of sp³-hybridized carbons (Fsp3) is 0.769. The van der Waals surface area contributed by atoms with E-state index in [0.717, 1.165) is 12.8 Å². The number of aliphatic carboxylic acids is 1. The number of carboxylic acids is 1. The van der Waals surface area contributed by atoms with Crippen molar-refractivity contribution in [1.82, 2.24) is 0 Å². The summed E-state index contributed by atoms with van der Waals surface area (Å²) < 4.78 is 10.5. The minimum Gasteiger partial charge on any atom is -0.481 e. The van der Waals surface area contributed by atoms with E-state index in [9.17, 15) is 19.5 Å². The SMILES string of the molecule is O=CCC(O)CC(C(=O)O)C(=O)COC1CCCOC1. The zero-order chi connectivity index (χ0) is 15.0. The number of ether oxygens (including phenoxy) is 2. The summed E-state index contributed by atoms with van der Waals surface area (Å²) in [5.41, 5.74) is 0. The summed E-state index contributed by atoms with van der Waals surface area (Å²) in [7, 11) is 0. The van der Waals surface area contributed by atoms with Crippen LogP contribution in [0.1, 0.15) is 25.7 Å². The van der Waals surface area contributed by atoms with Gasteiger partial charge in [-0.15, -0.1) is 0 Å². The third-order valence-corrected chi connectivity index (χ3v) is 3.14. The zero-order valence-electron chi connectivity index (χ0n) is 11.2. The topological polar surface area (TPSA) is 110 Å². The van der Waals surface area contributed by atoms with Crippen molar-refractivity contribution in [3.05, 3.63) is 0 Å². The Morgan fingerprint density at radius 1 is 1.45 bits per heavy atom. The van der Waals surface area contributed by atoms with Crippen molar-refractivity contribution in [1.29, 1.82) is 0 Å². The third kappa shape index (κ3) is 5.77.